The van der Waals surface area contributed by atoms with Crippen LogP contribution in [0.15, 0.2) is 18.2 Å². The van der Waals surface area contributed by atoms with E-state index < -0.39 is 6.10 Å². The van der Waals surface area contributed by atoms with Crippen LogP contribution in [-0.2, 0) is 0 Å². The molecular formula is C15H25NO2. The summed E-state index contributed by atoms with van der Waals surface area (Å²) in [6.45, 7) is 6.17. The predicted octanol–water partition coefficient (Wildman–Crippen LogP) is 3.37. The van der Waals surface area contributed by atoms with Gasteiger partial charge in [-0.05, 0) is 32.4 Å². The Bertz CT molecular complexity index is 377. The summed E-state index contributed by atoms with van der Waals surface area (Å²) >= 11 is 0. The molecule has 0 radical (unpaired) electrons. The number of rotatable bonds is 6. The summed E-state index contributed by atoms with van der Waals surface area (Å²) in [7, 11) is 3.71. The van der Waals surface area contributed by atoms with Crippen molar-refractivity contribution in [1.29, 1.82) is 0 Å². The largest absolute Gasteiger partial charge is 0.496 e. The van der Waals surface area contributed by atoms with Gasteiger partial charge in [0, 0.05) is 24.3 Å². The molecule has 3 nitrogen and oxygen atoms in total. The molecule has 0 saturated heterocycles. The highest BCUT2D eigenvalue weighted by Crippen LogP contribution is 2.35. The van der Waals surface area contributed by atoms with E-state index in [9.17, 15) is 5.11 Å². The zero-order valence-corrected chi connectivity index (χ0v) is 12.1. The number of nitrogens with zero attached hydrogens (tertiary/aromatic N) is 1. The molecule has 1 aromatic rings. The Balaban J connectivity index is 3.14. The van der Waals surface area contributed by atoms with Crippen LogP contribution in [0.5, 0.6) is 5.75 Å². The van der Waals surface area contributed by atoms with Gasteiger partial charge in [0.25, 0.3) is 0 Å². The van der Waals surface area contributed by atoms with Crippen molar-refractivity contribution in [3.05, 3.63) is 23.8 Å². The highest BCUT2D eigenvalue weighted by molar-refractivity contribution is 5.60. The van der Waals surface area contributed by atoms with Crippen molar-refractivity contribution in [2.75, 3.05) is 19.1 Å². The minimum atomic E-state index is -0.535. The molecule has 2 unspecified atom stereocenters. The monoisotopic (exact) mass is 251 g/mol. The second-order valence-corrected chi connectivity index (χ2v) is 4.82. The normalized spacial score (nSPS) is 14.1. The fourth-order valence-electron chi connectivity index (χ4n) is 2.29. The smallest absolute Gasteiger partial charge is 0.126 e. The number of aliphatic hydroxyl groups excluding tert-OH is 1. The third-order valence-electron chi connectivity index (χ3n) is 3.43. The number of anilines is 1. The number of ether oxygens (including phenoxy) is 1. The van der Waals surface area contributed by atoms with Gasteiger partial charge in [0.05, 0.1) is 13.2 Å². The van der Waals surface area contributed by atoms with E-state index in [0.717, 1.165) is 29.8 Å². The lowest BCUT2D eigenvalue weighted by Gasteiger charge is -2.30. The number of hydrogen-bond donors (Lipinski definition) is 1. The number of aliphatic hydroxyl groups is 1. The van der Waals surface area contributed by atoms with Crippen LogP contribution >= 0.6 is 0 Å². The molecule has 0 aliphatic carbocycles. The zero-order valence-electron chi connectivity index (χ0n) is 12.1. The molecule has 18 heavy (non-hydrogen) atoms. The quantitative estimate of drug-likeness (QED) is 0.841. The Kier molecular flexibility index (Phi) is 5.48. The molecule has 102 valence electrons. The van der Waals surface area contributed by atoms with Crippen LogP contribution in [0.25, 0.3) is 0 Å². The Morgan fingerprint density at radius 2 is 2.00 bits per heavy atom. The van der Waals surface area contributed by atoms with Gasteiger partial charge in [-0.25, -0.2) is 0 Å². The maximum Gasteiger partial charge on any atom is 0.126 e. The van der Waals surface area contributed by atoms with Crippen LogP contribution in [0.2, 0.25) is 0 Å². The van der Waals surface area contributed by atoms with Crippen LogP contribution in [0.1, 0.15) is 45.3 Å². The molecule has 1 N–H and O–H groups in total. The van der Waals surface area contributed by atoms with Gasteiger partial charge in [0.2, 0.25) is 0 Å². The van der Waals surface area contributed by atoms with Crippen LogP contribution < -0.4 is 9.64 Å². The molecule has 1 aromatic carbocycles. The predicted molar refractivity (Wildman–Crippen MR) is 76.4 cm³/mol. The van der Waals surface area contributed by atoms with E-state index >= 15 is 0 Å². The molecule has 2 atom stereocenters. The number of benzene rings is 1. The standard InChI is InChI=1S/C15H25NO2/c1-6-8-11(2)16(4)13-9-7-10-14(18-5)15(13)12(3)17/h7,9-12,17H,6,8H2,1-5H3. The van der Waals surface area contributed by atoms with E-state index in [1.807, 2.05) is 18.2 Å². The third kappa shape index (κ3) is 3.16. The van der Waals surface area contributed by atoms with Crippen molar-refractivity contribution in [2.45, 2.75) is 45.8 Å². The van der Waals surface area contributed by atoms with Gasteiger partial charge in [0.15, 0.2) is 0 Å². The molecular weight excluding hydrogens is 226 g/mol. The second-order valence-electron chi connectivity index (χ2n) is 4.82. The number of methoxy groups -OCH3 is 1. The van der Waals surface area contributed by atoms with Gasteiger partial charge in [-0.2, -0.15) is 0 Å². The Morgan fingerprint density at radius 3 is 2.50 bits per heavy atom. The first-order valence-corrected chi connectivity index (χ1v) is 6.60. The molecule has 0 saturated carbocycles. The molecule has 1 rings (SSSR count). The molecule has 0 bridgehead atoms. The van der Waals surface area contributed by atoms with Gasteiger partial charge in [-0.15, -0.1) is 0 Å². The summed E-state index contributed by atoms with van der Waals surface area (Å²) < 4.78 is 5.35. The lowest BCUT2D eigenvalue weighted by molar-refractivity contribution is 0.194. The van der Waals surface area contributed by atoms with E-state index in [4.69, 9.17) is 4.74 Å². The Hall–Kier alpha value is -1.22. The SMILES string of the molecule is CCCC(C)N(C)c1cccc(OC)c1C(C)O. The molecule has 3 heteroatoms. The second kappa shape index (κ2) is 6.64. The Morgan fingerprint density at radius 1 is 1.33 bits per heavy atom. The van der Waals surface area contributed by atoms with Gasteiger partial charge in [0.1, 0.15) is 5.75 Å². The summed E-state index contributed by atoms with van der Waals surface area (Å²) in [5, 5.41) is 9.97. The minimum Gasteiger partial charge on any atom is -0.496 e. The first-order chi connectivity index (χ1) is 8.52. The minimum absolute atomic E-state index is 0.444. The van der Waals surface area contributed by atoms with Crippen molar-refractivity contribution in [3.8, 4) is 5.75 Å². The van der Waals surface area contributed by atoms with Crippen LogP contribution in [-0.4, -0.2) is 25.3 Å². The first kappa shape index (κ1) is 14.8. The van der Waals surface area contributed by atoms with Crippen LogP contribution in [0.3, 0.4) is 0 Å². The summed E-state index contributed by atoms with van der Waals surface area (Å²) in [6.07, 6.45) is 1.75. The maximum atomic E-state index is 9.97. The molecule has 0 aliphatic heterocycles. The van der Waals surface area contributed by atoms with Crippen molar-refractivity contribution in [1.82, 2.24) is 0 Å². The van der Waals surface area contributed by atoms with Crippen LogP contribution in [0, 0.1) is 0 Å². The van der Waals surface area contributed by atoms with Crippen molar-refractivity contribution in [2.24, 2.45) is 0 Å². The fourth-order valence-corrected chi connectivity index (χ4v) is 2.29. The third-order valence-corrected chi connectivity index (χ3v) is 3.43. The lowest BCUT2D eigenvalue weighted by Crippen LogP contribution is -2.29. The van der Waals surface area contributed by atoms with Crippen molar-refractivity contribution >= 4 is 5.69 Å². The molecule has 0 amide bonds. The number of hydrogen-bond acceptors (Lipinski definition) is 3. The van der Waals surface area contributed by atoms with E-state index in [1.165, 1.54) is 0 Å². The molecule has 0 spiro atoms. The van der Waals surface area contributed by atoms with E-state index in [2.05, 4.69) is 25.8 Å². The van der Waals surface area contributed by atoms with Crippen molar-refractivity contribution < 1.29 is 9.84 Å². The van der Waals surface area contributed by atoms with Crippen molar-refractivity contribution in [3.63, 3.8) is 0 Å². The summed E-state index contributed by atoms with van der Waals surface area (Å²) in [6, 6.07) is 6.34. The van der Waals surface area contributed by atoms with Crippen LogP contribution in [0.4, 0.5) is 5.69 Å². The average molecular weight is 251 g/mol. The molecule has 0 heterocycles. The van der Waals surface area contributed by atoms with Gasteiger partial charge in [-0.3, -0.25) is 0 Å². The maximum absolute atomic E-state index is 9.97. The highest BCUT2D eigenvalue weighted by atomic mass is 16.5. The average Bonchev–Trinajstić information content (AvgIpc) is 2.36. The zero-order chi connectivity index (χ0) is 13.7. The van der Waals surface area contributed by atoms with E-state index in [0.29, 0.717) is 6.04 Å². The highest BCUT2D eigenvalue weighted by Gasteiger charge is 2.19. The first-order valence-electron chi connectivity index (χ1n) is 6.60. The lowest BCUT2D eigenvalue weighted by atomic mass is 10.0. The summed E-state index contributed by atoms with van der Waals surface area (Å²) in [4.78, 5) is 2.22. The van der Waals surface area contributed by atoms with Gasteiger partial charge < -0.3 is 14.7 Å². The molecule has 0 aromatic heterocycles. The summed E-state index contributed by atoms with van der Waals surface area (Å²) in [5.74, 6) is 0.748. The van der Waals surface area contributed by atoms with E-state index in [1.54, 1.807) is 14.0 Å². The Labute approximate surface area is 110 Å². The van der Waals surface area contributed by atoms with Gasteiger partial charge >= 0.3 is 0 Å². The summed E-state index contributed by atoms with van der Waals surface area (Å²) in [5.41, 5.74) is 1.91. The van der Waals surface area contributed by atoms with Gasteiger partial charge in [-0.1, -0.05) is 19.4 Å². The molecule has 0 aliphatic rings. The van der Waals surface area contributed by atoms with E-state index in [-0.39, 0.29) is 0 Å². The fraction of sp³-hybridized carbons (Fsp3) is 0.600. The molecule has 0 fully saturated rings. The topological polar surface area (TPSA) is 32.7 Å².